The Morgan fingerprint density at radius 2 is 2.11 bits per heavy atom. The van der Waals surface area contributed by atoms with Crippen LogP contribution in [0.25, 0.3) is 0 Å². The third-order valence-corrected chi connectivity index (χ3v) is 3.40. The summed E-state index contributed by atoms with van der Waals surface area (Å²) in [5, 5.41) is 9.22. The van der Waals surface area contributed by atoms with Crippen molar-refractivity contribution in [3.05, 3.63) is 11.9 Å². The van der Waals surface area contributed by atoms with Crippen molar-refractivity contribution in [2.75, 3.05) is 12.9 Å². The van der Waals surface area contributed by atoms with E-state index in [0.717, 1.165) is 17.5 Å². The lowest BCUT2D eigenvalue weighted by atomic mass is 9.92. The largest absolute Gasteiger partial charge is 0.481 e. The summed E-state index contributed by atoms with van der Waals surface area (Å²) in [6, 6.07) is 0. The number of hydrogen-bond acceptors (Lipinski definition) is 5. The summed E-state index contributed by atoms with van der Waals surface area (Å²) in [6.45, 7) is 6.04. The van der Waals surface area contributed by atoms with E-state index in [0.29, 0.717) is 5.16 Å². The van der Waals surface area contributed by atoms with Gasteiger partial charge in [0, 0.05) is 17.3 Å². The van der Waals surface area contributed by atoms with Crippen LogP contribution in [0.5, 0.6) is 0 Å². The quantitative estimate of drug-likeness (QED) is 0.653. The van der Waals surface area contributed by atoms with Crippen LogP contribution in [0.15, 0.2) is 11.4 Å². The first-order valence-electron chi connectivity index (χ1n) is 5.73. The minimum atomic E-state index is -0.921. The van der Waals surface area contributed by atoms with E-state index in [1.165, 1.54) is 7.11 Å². The number of imidazole rings is 1. The number of thioether (sulfide) groups is 1. The average molecular weight is 286 g/mol. The average Bonchev–Trinajstić information content (AvgIpc) is 2.68. The van der Waals surface area contributed by atoms with Crippen LogP contribution in [-0.2, 0) is 26.3 Å². The Morgan fingerprint density at radius 3 is 2.58 bits per heavy atom. The maximum Gasteiger partial charge on any atom is 0.325 e. The number of nitrogens with zero attached hydrogens (tertiary/aromatic N) is 2. The second-order valence-corrected chi connectivity index (χ2v) is 5.96. The molecule has 0 unspecified atom stereocenters. The van der Waals surface area contributed by atoms with E-state index >= 15 is 0 Å². The third-order valence-electron chi connectivity index (χ3n) is 2.43. The molecule has 6 nitrogen and oxygen atoms in total. The molecule has 0 amide bonds. The predicted molar refractivity (Wildman–Crippen MR) is 71.3 cm³/mol. The molecule has 0 saturated carbocycles. The number of hydrogen-bond donors (Lipinski definition) is 1. The summed E-state index contributed by atoms with van der Waals surface area (Å²) in [6.07, 6.45) is 1.67. The van der Waals surface area contributed by atoms with Gasteiger partial charge in [-0.15, -0.1) is 0 Å². The number of aliphatic carboxylic acids is 1. The van der Waals surface area contributed by atoms with Gasteiger partial charge in [-0.05, 0) is 0 Å². The highest BCUT2D eigenvalue weighted by atomic mass is 32.2. The molecule has 106 valence electrons. The van der Waals surface area contributed by atoms with Crippen molar-refractivity contribution in [2.45, 2.75) is 37.9 Å². The Balaban J connectivity index is 3.06. The fraction of sp³-hybridized carbons (Fsp3) is 0.583. The molecule has 0 aromatic carbocycles. The van der Waals surface area contributed by atoms with Gasteiger partial charge in [0.15, 0.2) is 5.16 Å². The fourth-order valence-corrected chi connectivity index (χ4v) is 2.24. The fourth-order valence-electron chi connectivity index (χ4n) is 1.55. The van der Waals surface area contributed by atoms with E-state index in [2.05, 4.69) is 9.72 Å². The standard InChI is InChI=1S/C12H18N2O4S/c1-12(2,3)8-5-13-11(19-7-9(15)16)14(8)6-10(17)18-4/h5H,6-7H2,1-4H3,(H,15,16). The zero-order valence-corrected chi connectivity index (χ0v) is 12.3. The molecule has 1 rings (SSSR count). The maximum absolute atomic E-state index is 11.5. The first kappa shape index (κ1) is 15.6. The van der Waals surface area contributed by atoms with E-state index in [4.69, 9.17) is 5.11 Å². The molecule has 7 heteroatoms. The SMILES string of the molecule is COC(=O)Cn1c(C(C)(C)C)cnc1SCC(=O)O. The van der Waals surface area contributed by atoms with Gasteiger partial charge in [-0.3, -0.25) is 9.59 Å². The van der Waals surface area contributed by atoms with E-state index in [1.54, 1.807) is 10.8 Å². The highest BCUT2D eigenvalue weighted by Crippen LogP contribution is 2.27. The second kappa shape index (κ2) is 6.10. The summed E-state index contributed by atoms with van der Waals surface area (Å²) in [7, 11) is 1.32. The van der Waals surface area contributed by atoms with Gasteiger partial charge in [-0.25, -0.2) is 4.98 Å². The number of carboxylic acid groups (broad SMARTS) is 1. The molecular weight excluding hydrogens is 268 g/mol. The van der Waals surface area contributed by atoms with Crippen molar-refractivity contribution in [3.8, 4) is 0 Å². The molecular formula is C12H18N2O4S. The Bertz CT molecular complexity index is 477. The number of carboxylic acids is 1. The number of carbonyl (C=O) groups is 2. The molecule has 0 aliphatic carbocycles. The number of aromatic nitrogens is 2. The van der Waals surface area contributed by atoms with Gasteiger partial charge in [-0.2, -0.15) is 0 Å². The summed E-state index contributed by atoms with van der Waals surface area (Å²) in [5.41, 5.74) is 0.675. The Labute approximate surface area is 116 Å². The van der Waals surface area contributed by atoms with Crippen LogP contribution in [0, 0.1) is 0 Å². The molecule has 0 bridgehead atoms. The highest BCUT2D eigenvalue weighted by Gasteiger charge is 2.23. The number of methoxy groups -OCH3 is 1. The van der Waals surface area contributed by atoms with Gasteiger partial charge < -0.3 is 14.4 Å². The van der Waals surface area contributed by atoms with Crippen molar-refractivity contribution in [1.29, 1.82) is 0 Å². The molecule has 0 aliphatic rings. The van der Waals surface area contributed by atoms with Crippen molar-refractivity contribution in [3.63, 3.8) is 0 Å². The molecule has 0 saturated heterocycles. The highest BCUT2D eigenvalue weighted by molar-refractivity contribution is 7.99. The number of carbonyl (C=O) groups excluding carboxylic acids is 1. The second-order valence-electron chi connectivity index (χ2n) is 5.02. The molecule has 0 radical (unpaired) electrons. The summed E-state index contributed by atoms with van der Waals surface area (Å²) >= 11 is 1.09. The van der Waals surface area contributed by atoms with Crippen molar-refractivity contribution in [2.24, 2.45) is 0 Å². The number of esters is 1. The van der Waals surface area contributed by atoms with Crippen LogP contribution >= 0.6 is 11.8 Å². The van der Waals surface area contributed by atoms with Crippen LogP contribution in [0.3, 0.4) is 0 Å². The van der Waals surface area contributed by atoms with Crippen molar-refractivity contribution < 1.29 is 19.4 Å². The van der Waals surface area contributed by atoms with Crippen LogP contribution in [0.1, 0.15) is 26.5 Å². The maximum atomic E-state index is 11.5. The van der Waals surface area contributed by atoms with Crippen LogP contribution < -0.4 is 0 Å². The monoisotopic (exact) mass is 286 g/mol. The van der Waals surface area contributed by atoms with Crippen LogP contribution in [-0.4, -0.2) is 39.5 Å². The van der Waals surface area contributed by atoms with Gasteiger partial charge in [0.05, 0.1) is 12.9 Å². The van der Waals surface area contributed by atoms with E-state index in [1.807, 2.05) is 20.8 Å². The van der Waals surface area contributed by atoms with Gasteiger partial charge in [0.25, 0.3) is 0 Å². The first-order valence-corrected chi connectivity index (χ1v) is 6.71. The van der Waals surface area contributed by atoms with Gasteiger partial charge in [0.2, 0.25) is 0 Å². The third kappa shape index (κ3) is 4.27. The lowest BCUT2D eigenvalue weighted by Gasteiger charge is -2.21. The molecule has 0 aliphatic heterocycles. The molecule has 1 heterocycles. The molecule has 19 heavy (non-hydrogen) atoms. The summed E-state index contributed by atoms with van der Waals surface area (Å²) in [4.78, 5) is 26.3. The zero-order valence-electron chi connectivity index (χ0n) is 11.5. The molecule has 1 N–H and O–H groups in total. The lowest BCUT2D eigenvalue weighted by molar-refractivity contribution is -0.141. The van der Waals surface area contributed by atoms with Crippen LogP contribution in [0.4, 0.5) is 0 Å². The minimum Gasteiger partial charge on any atom is -0.481 e. The molecule has 0 fully saturated rings. The van der Waals surface area contributed by atoms with Crippen molar-refractivity contribution >= 4 is 23.7 Å². The first-order chi connectivity index (χ1) is 8.75. The van der Waals surface area contributed by atoms with Gasteiger partial charge >= 0.3 is 11.9 Å². The topological polar surface area (TPSA) is 81.4 Å². The predicted octanol–water partition coefficient (Wildman–Crippen LogP) is 1.53. The summed E-state index contributed by atoms with van der Waals surface area (Å²) in [5.74, 6) is -1.41. The molecule has 0 spiro atoms. The smallest absolute Gasteiger partial charge is 0.325 e. The number of ether oxygens (including phenoxy) is 1. The minimum absolute atomic E-state index is 0.0328. The van der Waals surface area contributed by atoms with E-state index in [9.17, 15) is 9.59 Å². The Morgan fingerprint density at radius 1 is 1.47 bits per heavy atom. The normalized spacial score (nSPS) is 11.4. The molecule has 1 aromatic heterocycles. The van der Waals surface area contributed by atoms with Gasteiger partial charge in [0.1, 0.15) is 6.54 Å². The van der Waals surface area contributed by atoms with Gasteiger partial charge in [-0.1, -0.05) is 32.5 Å². The van der Waals surface area contributed by atoms with E-state index in [-0.39, 0.29) is 23.7 Å². The van der Waals surface area contributed by atoms with Crippen LogP contribution in [0.2, 0.25) is 0 Å². The number of rotatable bonds is 5. The van der Waals surface area contributed by atoms with Crippen molar-refractivity contribution in [1.82, 2.24) is 9.55 Å². The summed E-state index contributed by atoms with van der Waals surface area (Å²) < 4.78 is 6.37. The Hall–Kier alpha value is -1.50. The molecule has 0 atom stereocenters. The lowest BCUT2D eigenvalue weighted by Crippen LogP contribution is -2.22. The molecule has 1 aromatic rings. The zero-order chi connectivity index (χ0) is 14.6. The van der Waals surface area contributed by atoms with E-state index < -0.39 is 5.97 Å². The Kier molecular flexibility index (Phi) is 4.99.